The molecule has 1 spiro atoms. The lowest BCUT2D eigenvalue weighted by molar-refractivity contribution is -0.140. The van der Waals surface area contributed by atoms with Crippen LogP contribution in [0.15, 0.2) is 30.3 Å². The van der Waals surface area contributed by atoms with Gasteiger partial charge in [0.1, 0.15) is 0 Å². The van der Waals surface area contributed by atoms with Crippen molar-refractivity contribution >= 4 is 11.8 Å². The molecule has 3 saturated heterocycles. The van der Waals surface area contributed by atoms with E-state index >= 15 is 0 Å². The van der Waals surface area contributed by atoms with E-state index in [-0.39, 0.29) is 29.2 Å². The maximum atomic E-state index is 12.8. The van der Waals surface area contributed by atoms with Crippen molar-refractivity contribution in [2.45, 2.75) is 43.6 Å². The summed E-state index contributed by atoms with van der Waals surface area (Å²) in [5.41, 5.74) is 1.04. The van der Waals surface area contributed by atoms with E-state index < -0.39 is 0 Å². The predicted octanol–water partition coefficient (Wildman–Crippen LogP) is 2.08. The van der Waals surface area contributed by atoms with Crippen LogP contribution in [0.4, 0.5) is 0 Å². The highest BCUT2D eigenvalue weighted by Crippen LogP contribution is 2.43. The smallest absolute Gasteiger partial charge is 0.225 e. The maximum Gasteiger partial charge on any atom is 0.225 e. The second-order valence-corrected chi connectivity index (χ2v) is 7.58. The van der Waals surface area contributed by atoms with Crippen LogP contribution in [-0.2, 0) is 14.3 Å². The van der Waals surface area contributed by atoms with E-state index in [4.69, 9.17) is 4.74 Å². The number of nitrogens with zero attached hydrogens (tertiary/aromatic N) is 1. The number of ether oxygens (including phenoxy) is 1. The third kappa shape index (κ3) is 3.17. The lowest BCUT2D eigenvalue weighted by Crippen LogP contribution is -2.55. The van der Waals surface area contributed by atoms with Crippen LogP contribution >= 0.6 is 0 Å². The first-order valence-electron chi connectivity index (χ1n) is 9.40. The van der Waals surface area contributed by atoms with E-state index in [1.165, 1.54) is 5.56 Å². The number of rotatable bonds is 2. The predicted molar refractivity (Wildman–Crippen MR) is 94.0 cm³/mol. The molecule has 0 saturated carbocycles. The SMILES string of the molecule is O=C1C[C@@H](c2ccccc2)C2(CCN(C(=O)C3CCOCC3)CC2)N1. The molecule has 1 aromatic carbocycles. The zero-order valence-corrected chi connectivity index (χ0v) is 14.6. The second-order valence-electron chi connectivity index (χ2n) is 7.58. The first-order valence-corrected chi connectivity index (χ1v) is 9.40. The van der Waals surface area contributed by atoms with Gasteiger partial charge in [-0.05, 0) is 31.2 Å². The summed E-state index contributed by atoms with van der Waals surface area (Å²) in [6.07, 6.45) is 3.91. The van der Waals surface area contributed by atoms with Crippen LogP contribution in [0.1, 0.15) is 43.6 Å². The molecule has 1 atom stereocenters. The van der Waals surface area contributed by atoms with Gasteiger partial charge in [-0.1, -0.05) is 30.3 Å². The number of benzene rings is 1. The van der Waals surface area contributed by atoms with Crippen LogP contribution in [0, 0.1) is 5.92 Å². The Kier molecular flexibility index (Phi) is 4.50. The minimum absolute atomic E-state index is 0.117. The van der Waals surface area contributed by atoms with Crippen molar-refractivity contribution in [3.63, 3.8) is 0 Å². The molecule has 134 valence electrons. The molecule has 1 N–H and O–H groups in total. The molecule has 3 aliphatic rings. The molecule has 25 heavy (non-hydrogen) atoms. The van der Waals surface area contributed by atoms with Crippen molar-refractivity contribution in [3.8, 4) is 0 Å². The average Bonchev–Trinajstić information content (AvgIpc) is 2.99. The third-order valence-electron chi connectivity index (χ3n) is 6.18. The van der Waals surface area contributed by atoms with E-state index in [1.807, 2.05) is 23.1 Å². The molecule has 3 heterocycles. The standard InChI is InChI=1S/C20H26N2O3/c23-18-14-17(15-4-2-1-3-5-15)20(21-18)8-10-22(11-9-20)19(24)16-6-12-25-13-7-16/h1-5,16-17H,6-14H2,(H,21,23)/t17-/m0/s1. The van der Waals surface area contributed by atoms with Gasteiger partial charge in [-0.15, -0.1) is 0 Å². The fourth-order valence-electron chi connectivity index (χ4n) is 4.72. The minimum Gasteiger partial charge on any atom is -0.381 e. The number of hydrogen-bond acceptors (Lipinski definition) is 3. The van der Waals surface area contributed by atoms with Crippen molar-refractivity contribution < 1.29 is 14.3 Å². The Balaban J connectivity index is 1.46. The van der Waals surface area contributed by atoms with E-state index in [0.717, 1.165) is 38.8 Å². The van der Waals surface area contributed by atoms with Crippen LogP contribution in [0.5, 0.6) is 0 Å². The zero-order valence-electron chi connectivity index (χ0n) is 14.6. The minimum atomic E-state index is -0.190. The van der Waals surface area contributed by atoms with E-state index in [1.54, 1.807) is 0 Å². The Bertz CT molecular complexity index is 632. The number of piperidine rings is 1. The van der Waals surface area contributed by atoms with Gasteiger partial charge in [0.15, 0.2) is 0 Å². The molecule has 3 aliphatic heterocycles. The van der Waals surface area contributed by atoms with E-state index in [9.17, 15) is 9.59 Å². The van der Waals surface area contributed by atoms with Crippen LogP contribution in [0.3, 0.4) is 0 Å². The van der Waals surface area contributed by atoms with Gasteiger partial charge >= 0.3 is 0 Å². The number of hydrogen-bond donors (Lipinski definition) is 1. The van der Waals surface area contributed by atoms with Gasteiger partial charge in [0.25, 0.3) is 0 Å². The van der Waals surface area contributed by atoms with Gasteiger partial charge in [-0.25, -0.2) is 0 Å². The van der Waals surface area contributed by atoms with Gasteiger partial charge < -0.3 is 15.0 Å². The molecule has 0 aromatic heterocycles. The summed E-state index contributed by atoms with van der Waals surface area (Å²) in [5.74, 6) is 0.740. The first-order chi connectivity index (χ1) is 12.2. The highest BCUT2D eigenvalue weighted by atomic mass is 16.5. The number of carbonyl (C=O) groups is 2. The highest BCUT2D eigenvalue weighted by Gasteiger charge is 2.49. The Labute approximate surface area is 148 Å². The molecular weight excluding hydrogens is 316 g/mol. The summed E-state index contributed by atoms with van der Waals surface area (Å²) in [6.45, 7) is 2.86. The van der Waals surface area contributed by atoms with Crippen LogP contribution in [0.25, 0.3) is 0 Å². The number of carbonyl (C=O) groups excluding carboxylic acids is 2. The molecule has 0 aliphatic carbocycles. The monoisotopic (exact) mass is 342 g/mol. The Morgan fingerprint density at radius 3 is 2.48 bits per heavy atom. The topological polar surface area (TPSA) is 58.6 Å². The van der Waals surface area contributed by atoms with Gasteiger partial charge in [-0.2, -0.15) is 0 Å². The van der Waals surface area contributed by atoms with Crippen molar-refractivity contribution in [1.82, 2.24) is 10.2 Å². The summed E-state index contributed by atoms with van der Waals surface area (Å²) in [5, 5.41) is 3.26. The highest BCUT2D eigenvalue weighted by molar-refractivity contribution is 5.82. The van der Waals surface area contributed by atoms with Crippen molar-refractivity contribution in [2.75, 3.05) is 26.3 Å². The van der Waals surface area contributed by atoms with Crippen LogP contribution in [-0.4, -0.2) is 48.6 Å². The molecular formula is C20H26N2O3. The Hall–Kier alpha value is -1.88. The molecule has 0 radical (unpaired) electrons. The molecule has 4 rings (SSSR count). The first kappa shape index (κ1) is 16.6. The van der Waals surface area contributed by atoms with Crippen molar-refractivity contribution in [1.29, 1.82) is 0 Å². The average molecular weight is 342 g/mol. The van der Waals surface area contributed by atoms with Crippen LogP contribution < -0.4 is 5.32 Å². The van der Waals surface area contributed by atoms with Gasteiger partial charge in [-0.3, -0.25) is 9.59 Å². The lowest BCUT2D eigenvalue weighted by Gasteiger charge is -2.44. The molecule has 5 heteroatoms. The molecule has 0 bridgehead atoms. The quantitative estimate of drug-likeness (QED) is 0.895. The molecule has 1 aromatic rings. The third-order valence-corrected chi connectivity index (χ3v) is 6.18. The Morgan fingerprint density at radius 1 is 1.12 bits per heavy atom. The summed E-state index contributed by atoms with van der Waals surface area (Å²) >= 11 is 0. The second kappa shape index (κ2) is 6.79. The zero-order chi connectivity index (χ0) is 17.3. The number of amides is 2. The van der Waals surface area contributed by atoms with E-state index in [2.05, 4.69) is 17.4 Å². The van der Waals surface area contributed by atoms with E-state index in [0.29, 0.717) is 19.6 Å². The molecule has 2 amide bonds. The summed E-state index contributed by atoms with van der Waals surface area (Å²) in [4.78, 5) is 26.9. The van der Waals surface area contributed by atoms with Gasteiger partial charge in [0, 0.05) is 44.6 Å². The van der Waals surface area contributed by atoms with Crippen molar-refractivity contribution in [3.05, 3.63) is 35.9 Å². The van der Waals surface area contributed by atoms with Gasteiger partial charge in [0.05, 0.1) is 5.54 Å². The summed E-state index contributed by atoms with van der Waals surface area (Å²) in [7, 11) is 0. The molecule has 3 fully saturated rings. The fourth-order valence-corrected chi connectivity index (χ4v) is 4.72. The summed E-state index contributed by atoms with van der Waals surface area (Å²) in [6, 6.07) is 10.3. The number of likely N-dealkylation sites (tertiary alicyclic amines) is 1. The largest absolute Gasteiger partial charge is 0.381 e. The molecule has 0 unspecified atom stereocenters. The Morgan fingerprint density at radius 2 is 1.80 bits per heavy atom. The van der Waals surface area contributed by atoms with Crippen LogP contribution in [0.2, 0.25) is 0 Å². The normalized spacial score (nSPS) is 26.6. The fraction of sp³-hybridized carbons (Fsp3) is 0.600. The maximum absolute atomic E-state index is 12.8. The van der Waals surface area contributed by atoms with Gasteiger partial charge in [0.2, 0.25) is 11.8 Å². The lowest BCUT2D eigenvalue weighted by atomic mass is 9.74. The summed E-state index contributed by atoms with van der Waals surface area (Å²) < 4.78 is 5.37. The van der Waals surface area contributed by atoms with Crippen molar-refractivity contribution in [2.24, 2.45) is 5.92 Å². The number of nitrogens with one attached hydrogen (secondary N) is 1. The molecule has 5 nitrogen and oxygen atoms in total.